The second-order valence-corrected chi connectivity index (χ2v) is 10.4. The van der Waals surface area contributed by atoms with Crippen molar-refractivity contribution in [1.29, 1.82) is 0 Å². The molecule has 3 fully saturated rings. The number of Topliss-reactive ketones (excluding diaryl/α,β-unsaturated/α-hetero) is 1. The summed E-state index contributed by atoms with van der Waals surface area (Å²) in [6, 6.07) is 3.19. The lowest BCUT2D eigenvalue weighted by atomic mass is 9.78. The van der Waals surface area contributed by atoms with Crippen LogP contribution in [0.1, 0.15) is 77.5 Å². The summed E-state index contributed by atoms with van der Waals surface area (Å²) in [4.78, 5) is 26.8. The zero-order valence-electron chi connectivity index (χ0n) is 18.1. The molecule has 2 aliphatic heterocycles. The highest BCUT2D eigenvalue weighted by Gasteiger charge is 2.41. The van der Waals surface area contributed by atoms with E-state index in [-0.39, 0.29) is 5.92 Å². The fourth-order valence-corrected chi connectivity index (χ4v) is 5.65. The summed E-state index contributed by atoms with van der Waals surface area (Å²) in [7, 11) is 0. The van der Waals surface area contributed by atoms with Crippen LogP contribution in [0.3, 0.4) is 0 Å². The molecule has 160 valence electrons. The van der Waals surface area contributed by atoms with Crippen molar-refractivity contribution in [2.24, 2.45) is 11.8 Å². The summed E-state index contributed by atoms with van der Waals surface area (Å²) < 4.78 is 0. The lowest BCUT2D eigenvalue weighted by Gasteiger charge is -2.43. The molecule has 3 aliphatic rings. The molecule has 0 aromatic carbocycles. The van der Waals surface area contributed by atoms with Gasteiger partial charge in [0.1, 0.15) is 17.4 Å². The molecule has 6 heteroatoms. The Morgan fingerprint density at radius 2 is 1.76 bits per heavy atom. The largest absolute Gasteiger partial charge is 0.348 e. The average molecular weight is 417 g/mol. The van der Waals surface area contributed by atoms with Crippen molar-refractivity contribution in [3.05, 3.63) is 18.1 Å². The van der Waals surface area contributed by atoms with Crippen LogP contribution in [0, 0.1) is 11.8 Å². The number of hydrogen-bond donors (Lipinski definition) is 1. The van der Waals surface area contributed by atoms with E-state index in [1.165, 1.54) is 12.8 Å². The monoisotopic (exact) mass is 416 g/mol. The summed E-state index contributed by atoms with van der Waals surface area (Å²) in [5, 5.41) is 0.318. The fourth-order valence-electron chi connectivity index (χ4n) is 5.46. The predicted molar refractivity (Wildman–Crippen MR) is 121 cm³/mol. The highest BCUT2D eigenvalue weighted by Crippen LogP contribution is 2.38. The molecule has 0 amide bonds. The first-order valence-corrected chi connectivity index (χ1v) is 12.0. The van der Waals surface area contributed by atoms with Crippen LogP contribution in [-0.2, 0) is 4.79 Å². The minimum absolute atomic E-state index is 0.161. The van der Waals surface area contributed by atoms with Crippen molar-refractivity contribution in [3.8, 4) is 0 Å². The molecule has 1 aromatic heterocycles. The second-order valence-electron chi connectivity index (χ2n) is 9.69. The zero-order valence-corrected chi connectivity index (χ0v) is 19.0. The van der Waals surface area contributed by atoms with Gasteiger partial charge < -0.3 is 4.90 Å². The standard InChI is InChI=1S/C23H36N4OS/c1-15(2)21(28)12-17-4-6-18(7-5-17)23-24-11-10-22(25-23)27-19-8-9-20(27)14-26(13-19)16(3)29/h10-11,15-20,29H,4-9,12-14H2,1-3H3. The number of thiol groups is 1. The zero-order chi connectivity index (χ0) is 20.5. The molecule has 1 aliphatic carbocycles. The van der Waals surface area contributed by atoms with Crippen molar-refractivity contribution in [2.75, 3.05) is 18.0 Å². The van der Waals surface area contributed by atoms with Gasteiger partial charge >= 0.3 is 0 Å². The van der Waals surface area contributed by atoms with Crippen LogP contribution in [0.2, 0.25) is 0 Å². The van der Waals surface area contributed by atoms with E-state index in [9.17, 15) is 4.79 Å². The van der Waals surface area contributed by atoms with Gasteiger partial charge in [-0.25, -0.2) is 9.97 Å². The summed E-state index contributed by atoms with van der Waals surface area (Å²) in [5.41, 5.74) is 0. The molecule has 4 rings (SSSR count). The molecule has 29 heavy (non-hydrogen) atoms. The molecule has 1 saturated carbocycles. The normalized spacial score (nSPS) is 31.3. The van der Waals surface area contributed by atoms with Gasteiger partial charge in [-0.3, -0.25) is 9.69 Å². The highest BCUT2D eigenvalue weighted by atomic mass is 32.1. The Morgan fingerprint density at radius 3 is 2.34 bits per heavy atom. The summed E-state index contributed by atoms with van der Waals surface area (Å²) in [6.45, 7) is 8.35. The first kappa shape index (κ1) is 21.1. The first-order chi connectivity index (χ1) is 13.9. The Morgan fingerprint density at radius 1 is 1.10 bits per heavy atom. The third-order valence-electron chi connectivity index (χ3n) is 7.31. The number of likely N-dealkylation sites (tertiary alicyclic amines) is 1. The van der Waals surface area contributed by atoms with Gasteiger partial charge in [-0.15, -0.1) is 0 Å². The molecular formula is C23H36N4OS. The van der Waals surface area contributed by atoms with E-state index in [1.54, 1.807) is 0 Å². The third kappa shape index (κ3) is 4.63. The van der Waals surface area contributed by atoms with Crippen LogP contribution >= 0.6 is 12.6 Å². The van der Waals surface area contributed by atoms with Crippen molar-refractivity contribution in [3.63, 3.8) is 0 Å². The van der Waals surface area contributed by atoms with E-state index in [2.05, 4.69) is 40.4 Å². The van der Waals surface area contributed by atoms with E-state index in [0.717, 1.165) is 56.8 Å². The number of carbonyl (C=O) groups is 1. The molecule has 2 saturated heterocycles. The number of carbonyl (C=O) groups excluding carboxylic acids is 1. The van der Waals surface area contributed by atoms with Crippen molar-refractivity contribution >= 4 is 24.2 Å². The van der Waals surface area contributed by atoms with Crippen molar-refractivity contribution in [1.82, 2.24) is 14.9 Å². The van der Waals surface area contributed by atoms with E-state index >= 15 is 0 Å². The van der Waals surface area contributed by atoms with Crippen molar-refractivity contribution in [2.45, 2.75) is 89.1 Å². The molecule has 3 heterocycles. The topological polar surface area (TPSA) is 49.3 Å². The van der Waals surface area contributed by atoms with Gasteiger partial charge in [0, 0.05) is 49.6 Å². The van der Waals surface area contributed by atoms with Crippen LogP contribution in [0.25, 0.3) is 0 Å². The maximum absolute atomic E-state index is 12.1. The maximum Gasteiger partial charge on any atom is 0.135 e. The van der Waals surface area contributed by atoms with Crippen LogP contribution in [-0.4, -0.2) is 51.2 Å². The lowest BCUT2D eigenvalue weighted by Crippen LogP contribution is -2.55. The van der Waals surface area contributed by atoms with Gasteiger partial charge in [-0.2, -0.15) is 12.6 Å². The first-order valence-electron chi connectivity index (χ1n) is 11.5. The molecule has 3 atom stereocenters. The van der Waals surface area contributed by atoms with Crippen LogP contribution in [0.5, 0.6) is 0 Å². The molecule has 0 N–H and O–H groups in total. The minimum Gasteiger partial charge on any atom is -0.348 e. The second kappa shape index (κ2) is 8.93. The Kier molecular flexibility index (Phi) is 6.50. The number of piperazine rings is 1. The number of rotatable bonds is 6. The van der Waals surface area contributed by atoms with E-state index in [4.69, 9.17) is 4.98 Å². The molecule has 0 radical (unpaired) electrons. The van der Waals surface area contributed by atoms with E-state index < -0.39 is 0 Å². The Hall–Kier alpha value is -1.14. The number of anilines is 1. The Bertz CT molecular complexity index is 703. The number of hydrogen-bond acceptors (Lipinski definition) is 6. The molecule has 1 aromatic rings. The predicted octanol–water partition coefficient (Wildman–Crippen LogP) is 4.29. The molecule has 3 unspecified atom stereocenters. The summed E-state index contributed by atoms with van der Waals surface area (Å²) in [6.07, 6.45) is 9.67. The van der Waals surface area contributed by atoms with Gasteiger partial charge in [-0.05, 0) is 57.4 Å². The SMILES string of the molecule is CC(C)C(=O)CC1CCC(c2nccc(N3C4CCC3CN(C(C)S)C4)n2)CC1. The molecule has 2 bridgehead atoms. The molecular weight excluding hydrogens is 380 g/mol. The van der Waals surface area contributed by atoms with Crippen LogP contribution in [0.4, 0.5) is 5.82 Å². The van der Waals surface area contributed by atoms with Crippen LogP contribution in [0.15, 0.2) is 12.3 Å². The quantitative estimate of drug-likeness (QED) is 0.701. The molecule has 0 spiro atoms. The average Bonchev–Trinajstić information content (AvgIpc) is 2.97. The Balaban J connectivity index is 1.40. The maximum atomic E-state index is 12.1. The van der Waals surface area contributed by atoms with Gasteiger partial charge in [0.2, 0.25) is 0 Å². The van der Waals surface area contributed by atoms with Gasteiger partial charge in [-0.1, -0.05) is 13.8 Å². The van der Waals surface area contributed by atoms with Crippen molar-refractivity contribution < 1.29 is 4.79 Å². The summed E-state index contributed by atoms with van der Waals surface area (Å²) in [5.74, 6) is 3.70. The van der Waals surface area contributed by atoms with Gasteiger partial charge in [0.25, 0.3) is 0 Å². The van der Waals surface area contributed by atoms with Gasteiger partial charge in [0.05, 0.1) is 5.37 Å². The summed E-state index contributed by atoms with van der Waals surface area (Å²) >= 11 is 4.65. The Labute approximate surface area is 181 Å². The fraction of sp³-hybridized carbons (Fsp3) is 0.783. The molecule has 5 nitrogen and oxygen atoms in total. The number of fused-ring (bicyclic) bond motifs is 2. The number of ketones is 1. The number of aromatic nitrogens is 2. The van der Waals surface area contributed by atoms with Crippen LogP contribution < -0.4 is 4.90 Å². The van der Waals surface area contributed by atoms with Gasteiger partial charge in [0.15, 0.2) is 0 Å². The number of nitrogens with zero attached hydrogens (tertiary/aromatic N) is 4. The van der Waals surface area contributed by atoms with E-state index in [1.807, 2.05) is 20.0 Å². The van der Waals surface area contributed by atoms with E-state index in [0.29, 0.717) is 35.1 Å². The highest BCUT2D eigenvalue weighted by molar-refractivity contribution is 7.80. The minimum atomic E-state index is 0.161. The third-order valence-corrected chi connectivity index (χ3v) is 7.64. The lowest BCUT2D eigenvalue weighted by molar-refractivity contribution is -0.123. The smallest absolute Gasteiger partial charge is 0.135 e.